The molecule has 0 atom stereocenters. The molecule has 0 N–H and O–H groups in total. The number of hydrogen-bond acceptors (Lipinski definition) is 7. The average Bonchev–Trinajstić information content (AvgIpc) is 4.39. The molecule has 0 aliphatic carbocycles. The van der Waals surface area contributed by atoms with Gasteiger partial charge in [0, 0.05) is 101 Å². The monoisotopic (exact) mass is 1020 g/mol. The van der Waals surface area contributed by atoms with Gasteiger partial charge in [-0.05, 0) is 114 Å². The summed E-state index contributed by atoms with van der Waals surface area (Å²) < 4.78 is 20.5. The molecule has 0 aliphatic heterocycles. The molecule has 17 aromatic rings. The van der Waals surface area contributed by atoms with Crippen molar-refractivity contribution >= 4 is 129 Å². The highest BCUT2D eigenvalue weighted by molar-refractivity contribution is 7.26. The maximum absolute atomic E-state index is 6.74. The van der Waals surface area contributed by atoms with E-state index >= 15 is 0 Å². The highest BCUT2D eigenvalue weighted by atomic mass is 32.1. The Morgan fingerprint density at radius 1 is 0.299 bits per heavy atom. The van der Waals surface area contributed by atoms with Crippen molar-refractivity contribution in [3.05, 3.63) is 231 Å². The molecule has 0 unspecified atom stereocenters. The number of benzene rings is 11. The van der Waals surface area contributed by atoms with E-state index in [0.717, 1.165) is 82.8 Å². The molecule has 17 rings (SSSR count). The molecular formula is C69H38N4O2S2. The lowest BCUT2D eigenvalue weighted by Crippen LogP contribution is -2.00. The van der Waals surface area contributed by atoms with E-state index in [1.807, 2.05) is 41.7 Å². The van der Waals surface area contributed by atoms with Crippen LogP contribution in [0.25, 0.3) is 168 Å². The third-order valence-electron chi connectivity index (χ3n) is 15.5. The molecule has 6 nitrogen and oxygen atoms in total. The Bertz CT molecular complexity index is 5310. The number of furan rings is 2. The van der Waals surface area contributed by atoms with Crippen LogP contribution in [-0.4, -0.2) is 19.5 Å². The summed E-state index contributed by atoms with van der Waals surface area (Å²) in [6.07, 6.45) is 0. The van der Waals surface area contributed by atoms with Crippen LogP contribution in [0.5, 0.6) is 0 Å². The molecule has 0 spiro atoms. The van der Waals surface area contributed by atoms with E-state index in [2.05, 4.69) is 205 Å². The van der Waals surface area contributed by atoms with Gasteiger partial charge in [-0.25, -0.2) is 15.0 Å². The minimum absolute atomic E-state index is 0.557. The predicted octanol–water partition coefficient (Wildman–Crippen LogP) is 19.8. The Balaban J connectivity index is 0.869. The van der Waals surface area contributed by atoms with Crippen LogP contribution in [0.3, 0.4) is 0 Å². The average molecular weight is 1020 g/mol. The maximum atomic E-state index is 6.74. The van der Waals surface area contributed by atoms with E-state index in [0.29, 0.717) is 17.5 Å². The van der Waals surface area contributed by atoms with E-state index in [4.69, 9.17) is 23.8 Å². The van der Waals surface area contributed by atoms with Crippen LogP contribution in [0.1, 0.15) is 0 Å². The Kier molecular flexibility index (Phi) is 9.07. The minimum Gasteiger partial charge on any atom is -0.456 e. The zero-order valence-electron chi connectivity index (χ0n) is 40.9. The molecule has 358 valence electrons. The Labute approximate surface area is 447 Å². The van der Waals surface area contributed by atoms with Crippen molar-refractivity contribution in [3.8, 4) is 62.1 Å². The van der Waals surface area contributed by atoms with Crippen LogP contribution >= 0.6 is 22.7 Å². The highest BCUT2D eigenvalue weighted by Gasteiger charge is 2.23. The van der Waals surface area contributed by atoms with E-state index in [1.54, 1.807) is 11.3 Å². The first-order valence-electron chi connectivity index (χ1n) is 25.7. The first kappa shape index (κ1) is 42.6. The van der Waals surface area contributed by atoms with Gasteiger partial charge in [-0.3, -0.25) is 0 Å². The summed E-state index contributed by atoms with van der Waals surface area (Å²) in [5, 5.41) is 11.3. The summed E-state index contributed by atoms with van der Waals surface area (Å²) in [6.45, 7) is 0. The summed E-state index contributed by atoms with van der Waals surface area (Å²) in [5.41, 5.74) is 13.9. The number of para-hydroxylation sites is 3. The van der Waals surface area contributed by atoms with Crippen LogP contribution < -0.4 is 0 Å². The van der Waals surface area contributed by atoms with Gasteiger partial charge in [0.05, 0.1) is 11.0 Å². The zero-order valence-corrected chi connectivity index (χ0v) is 42.5. The Hall–Kier alpha value is -9.73. The van der Waals surface area contributed by atoms with Gasteiger partial charge >= 0.3 is 0 Å². The molecule has 0 fully saturated rings. The van der Waals surface area contributed by atoms with Crippen molar-refractivity contribution in [2.24, 2.45) is 0 Å². The fraction of sp³-hybridized carbons (Fsp3) is 0. The molecule has 0 amide bonds. The van der Waals surface area contributed by atoms with Gasteiger partial charge in [-0.1, -0.05) is 133 Å². The van der Waals surface area contributed by atoms with Gasteiger partial charge in [0.25, 0.3) is 0 Å². The molecular weight excluding hydrogens is 981 g/mol. The molecule has 6 aromatic heterocycles. The third kappa shape index (κ3) is 6.50. The zero-order chi connectivity index (χ0) is 50.3. The quantitative estimate of drug-likeness (QED) is 0.166. The molecule has 11 aromatic carbocycles. The van der Waals surface area contributed by atoms with Gasteiger partial charge in [0.15, 0.2) is 17.5 Å². The molecule has 77 heavy (non-hydrogen) atoms. The second-order valence-electron chi connectivity index (χ2n) is 19.8. The number of aromatic nitrogens is 4. The van der Waals surface area contributed by atoms with Crippen molar-refractivity contribution in [1.82, 2.24) is 19.5 Å². The van der Waals surface area contributed by atoms with Crippen LogP contribution in [0, 0.1) is 0 Å². The fourth-order valence-electron chi connectivity index (χ4n) is 12.0. The molecule has 6 heterocycles. The van der Waals surface area contributed by atoms with Crippen LogP contribution in [0.15, 0.2) is 239 Å². The van der Waals surface area contributed by atoms with Crippen LogP contribution in [0.4, 0.5) is 0 Å². The first-order chi connectivity index (χ1) is 38.1. The number of thiophene rings is 2. The van der Waals surface area contributed by atoms with Gasteiger partial charge in [0.1, 0.15) is 22.3 Å². The summed E-state index contributed by atoms with van der Waals surface area (Å²) in [7, 11) is 0. The lowest BCUT2D eigenvalue weighted by atomic mass is 9.94. The second kappa shape index (κ2) is 16.4. The van der Waals surface area contributed by atoms with Gasteiger partial charge in [-0.15, -0.1) is 22.7 Å². The maximum Gasteiger partial charge on any atom is 0.164 e. The van der Waals surface area contributed by atoms with Crippen molar-refractivity contribution in [2.75, 3.05) is 0 Å². The predicted molar refractivity (Wildman–Crippen MR) is 322 cm³/mol. The Morgan fingerprint density at radius 3 is 1.77 bits per heavy atom. The lowest BCUT2D eigenvalue weighted by molar-refractivity contribution is 0.668. The largest absolute Gasteiger partial charge is 0.456 e. The van der Waals surface area contributed by atoms with Gasteiger partial charge in [-0.2, -0.15) is 0 Å². The number of fused-ring (bicyclic) bond motifs is 15. The van der Waals surface area contributed by atoms with Crippen molar-refractivity contribution < 1.29 is 8.83 Å². The van der Waals surface area contributed by atoms with Gasteiger partial charge < -0.3 is 13.4 Å². The minimum atomic E-state index is 0.557. The van der Waals surface area contributed by atoms with Crippen molar-refractivity contribution in [1.29, 1.82) is 0 Å². The van der Waals surface area contributed by atoms with E-state index in [1.165, 1.54) is 67.9 Å². The highest BCUT2D eigenvalue weighted by Crippen LogP contribution is 2.47. The van der Waals surface area contributed by atoms with Gasteiger partial charge in [0.2, 0.25) is 0 Å². The van der Waals surface area contributed by atoms with E-state index < -0.39 is 0 Å². The van der Waals surface area contributed by atoms with Crippen molar-refractivity contribution in [3.63, 3.8) is 0 Å². The number of hydrogen-bond donors (Lipinski definition) is 0. The van der Waals surface area contributed by atoms with Crippen LogP contribution in [0.2, 0.25) is 0 Å². The smallest absolute Gasteiger partial charge is 0.164 e. The number of rotatable bonds is 6. The summed E-state index contributed by atoms with van der Waals surface area (Å²) in [6, 6.07) is 82.2. The summed E-state index contributed by atoms with van der Waals surface area (Å²) in [5.74, 6) is 1.71. The molecule has 0 bridgehead atoms. The lowest BCUT2D eigenvalue weighted by Gasteiger charge is -2.11. The third-order valence-corrected chi connectivity index (χ3v) is 17.8. The summed E-state index contributed by atoms with van der Waals surface area (Å²) >= 11 is 3.65. The molecule has 0 radical (unpaired) electrons. The fourth-order valence-corrected chi connectivity index (χ4v) is 14.3. The standard InChI is InChI=1S/C69H38N4O2S2/c1-2-14-43(15-3-1)73-55-22-8-4-16-44(55)52-35-40(29-32-56(52)73)51-36-42(37-53-47-18-6-10-25-61(47)77-66(51)53)39-30-33-58-54(34-39)64-49(20-12-24-59(64)74-58)68-70-67(41-28-31-46-45-17-5-9-23-57(45)75-60(46)38-41)71-69(72-68)50-21-13-27-63-65(50)48-19-7-11-26-62(48)76-63/h1-38H. The molecule has 8 heteroatoms. The van der Waals surface area contributed by atoms with Crippen LogP contribution in [-0.2, 0) is 0 Å². The SMILES string of the molecule is c1ccc(-n2c3ccccc3c3cc(-c4cc(-c5ccc6oc7cccc(-c8nc(-c9ccc%10c(c9)oc9ccccc9%10)nc(-c9cccc%10sc%11ccccc%11c9%10)n8)c7c6c5)cc5c4sc4ccccc45)ccc32)cc1. The molecule has 0 aliphatic rings. The molecule has 0 saturated carbocycles. The van der Waals surface area contributed by atoms with Crippen molar-refractivity contribution in [2.45, 2.75) is 0 Å². The molecule has 0 saturated heterocycles. The van der Waals surface area contributed by atoms with E-state index in [9.17, 15) is 0 Å². The normalized spacial score (nSPS) is 12.2. The Morgan fingerprint density at radius 2 is 0.896 bits per heavy atom. The number of nitrogens with zero attached hydrogens (tertiary/aromatic N) is 4. The second-order valence-corrected chi connectivity index (χ2v) is 21.9. The topological polar surface area (TPSA) is 69.9 Å². The summed E-state index contributed by atoms with van der Waals surface area (Å²) in [4.78, 5) is 16.1. The van der Waals surface area contributed by atoms with E-state index in [-0.39, 0.29) is 0 Å². The first-order valence-corrected chi connectivity index (χ1v) is 27.4.